The van der Waals surface area contributed by atoms with Crippen LogP contribution in [0, 0.1) is 6.92 Å². The van der Waals surface area contributed by atoms with Crippen molar-refractivity contribution >= 4 is 0 Å². The van der Waals surface area contributed by atoms with E-state index in [1.54, 1.807) is 6.92 Å². The van der Waals surface area contributed by atoms with Crippen LogP contribution in [0.25, 0.3) is 0 Å². The summed E-state index contributed by atoms with van der Waals surface area (Å²) in [5.41, 5.74) is -1.54. The number of aryl methyl sites for hydroxylation is 1. The number of aromatic nitrogens is 2. The Hall–Kier alpha value is -2.26. The first-order valence-electron chi connectivity index (χ1n) is 8.30. The van der Waals surface area contributed by atoms with Crippen molar-refractivity contribution in [2.45, 2.75) is 37.4 Å². The first kappa shape index (κ1) is 18.5. The predicted octanol–water partition coefficient (Wildman–Crippen LogP) is 0.0276. The molecule has 1 aromatic carbocycles. The molecular formula is C18H22N2O6. The summed E-state index contributed by atoms with van der Waals surface area (Å²) in [6, 6.07) is 9.14. The van der Waals surface area contributed by atoms with Gasteiger partial charge in [-0.2, -0.15) is 0 Å². The number of aromatic amines is 1. The summed E-state index contributed by atoms with van der Waals surface area (Å²) in [5, 5.41) is 19.9. The molecule has 4 atom stereocenters. The van der Waals surface area contributed by atoms with Crippen molar-refractivity contribution in [1.82, 2.24) is 9.55 Å². The lowest BCUT2D eigenvalue weighted by Crippen LogP contribution is -2.49. The van der Waals surface area contributed by atoms with Crippen LogP contribution in [0.4, 0.5) is 0 Å². The Kier molecular flexibility index (Phi) is 5.10. The van der Waals surface area contributed by atoms with Gasteiger partial charge in [-0.3, -0.25) is 14.3 Å². The second kappa shape index (κ2) is 7.16. The number of rotatable bonds is 5. The summed E-state index contributed by atoms with van der Waals surface area (Å²) < 4.78 is 12.9. The number of nitrogens with zero attached hydrogens (tertiary/aromatic N) is 1. The molecule has 2 aromatic rings. The van der Waals surface area contributed by atoms with Gasteiger partial charge in [0.2, 0.25) is 0 Å². The Balaban J connectivity index is 2.23. The van der Waals surface area contributed by atoms with E-state index >= 15 is 0 Å². The second-order valence-electron chi connectivity index (χ2n) is 6.42. The topological polar surface area (TPSA) is 114 Å². The van der Waals surface area contributed by atoms with Crippen LogP contribution in [-0.4, -0.2) is 45.7 Å². The number of H-pyrrole nitrogens is 1. The molecule has 0 bridgehead atoms. The number of hydrogen-bond acceptors (Lipinski definition) is 6. The summed E-state index contributed by atoms with van der Waals surface area (Å²) in [6.07, 6.45) is -1.23. The summed E-state index contributed by atoms with van der Waals surface area (Å²) in [7, 11) is 1.48. The van der Waals surface area contributed by atoms with Gasteiger partial charge in [-0.1, -0.05) is 30.3 Å². The molecule has 3 rings (SSSR count). The van der Waals surface area contributed by atoms with Gasteiger partial charge < -0.3 is 19.7 Å². The quantitative estimate of drug-likeness (QED) is 0.691. The van der Waals surface area contributed by atoms with Crippen molar-refractivity contribution < 1.29 is 19.7 Å². The van der Waals surface area contributed by atoms with E-state index in [9.17, 15) is 19.8 Å². The fourth-order valence-electron chi connectivity index (χ4n) is 3.49. The highest BCUT2D eigenvalue weighted by atomic mass is 16.6. The highest BCUT2D eigenvalue weighted by Crippen LogP contribution is 2.45. The van der Waals surface area contributed by atoms with Gasteiger partial charge in [-0.15, -0.1) is 0 Å². The lowest BCUT2D eigenvalue weighted by molar-refractivity contribution is -0.190. The minimum atomic E-state index is -1.42. The van der Waals surface area contributed by atoms with Crippen LogP contribution in [0.15, 0.2) is 46.1 Å². The average Bonchev–Trinajstić information content (AvgIpc) is 2.97. The lowest BCUT2D eigenvalue weighted by atomic mass is 9.94. The molecule has 26 heavy (non-hydrogen) atoms. The van der Waals surface area contributed by atoms with Gasteiger partial charge in [0.15, 0.2) is 5.72 Å². The molecule has 0 radical (unpaired) electrons. The van der Waals surface area contributed by atoms with Crippen LogP contribution in [0.5, 0.6) is 0 Å². The molecule has 8 nitrogen and oxygen atoms in total. The minimum absolute atomic E-state index is 0.0109. The van der Waals surface area contributed by atoms with E-state index in [0.717, 1.165) is 5.56 Å². The number of aliphatic hydroxyl groups excluding tert-OH is 2. The molecule has 0 aliphatic carbocycles. The number of hydrogen-bond donors (Lipinski definition) is 3. The van der Waals surface area contributed by atoms with Gasteiger partial charge in [0.05, 0.1) is 12.7 Å². The van der Waals surface area contributed by atoms with E-state index in [-0.39, 0.29) is 6.42 Å². The maximum atomic E-state index is 12.6. The monoisotopic (exact) mass is 362 g/mol. The molecule has 3 N–H and O–H groups in total. The molecule has 0 saturated carbocycles. The number of methoxy groups -OCH3 is 1. The maximum Gasteiger partial charge on any atom is 0.330 e. The molecule has 0 amide bonds. The zero-order valence-electron chi connectivity index (χ0n) is 14.6. The first-order valence-corrected chi connectivity index (χ1v) is 8.30. The van der Waals surface area contributed by atoms with Gasteiger partial charge in [-0.05, 0) is 12.5 Å². The van der Waals surface area contributed by atoms with Crippen molar-refractivity contribution in [1.29, 1.82) is 0 Å². The Morgan fingerprint density at radius 2 is 2.08 bits per heavy atom. The van der Waals surface area contributed by atoms with Crippen LogP contribution >= 0.6 is 0 Å². The van der Waals surface area contributed by atoms with E-state index in [1.807, 2.05) is 30.3 Å². The van der Waals surface area contributed by atoms with E-state index in [0.29, 0.717) is 5.56 Å². The zero-order valence-corrected chi connectivity index (χ0v) is 14.6. The third-order valence-electron chi connectivity index (χ3n) is 4.74. The third kappa shape index (κ3) is 3.01. The molecule has 0 spiro atoms. The Labute approximate surface area is 149 Å². The van der Waals surface area contributed by atoms with Crippen LogP contribution in [0.1, 0.15) is 23.7 Å². The smallest absolute Gasteiger partial charge is 0.330 e. The SMILES string of the molecule is COC(c1ccccc1)[C@]1(n2cc(C)c(=O)[nH]c2=O)C[C@H](O)[C@@H](CO)O1. The summed E-state index contributed by atoms with van der Waals surface area (Å²) in [5.74, 6) is 0. The number of ether oxygens (including phenoxy) is 2. The molecule has 8 heteroatoms. The van der Waals surface area contributed by atoms with E-state index in [2.05, 4.69) is 4.98 Å². The molecule has 1 aliphatic heterocycles. The minimum Gasteiger partial charge on any atom is -0.394 e. The predicted molar refractivity (Wildman–Crippen MR) is 92.8 cm³/mol. The number of aliphatic hydroxyl groups is 2. The highest BCUT2D eigenvalue weighted by Gasteiger charge is 2.53. The largest absolute Gasteiger partial charge is 0.394 e. The highest BCUT2D eigenvalue weighted by molar-refractivity contribution is 5.22. The normalized spacial score (nSPS) is 26.8. The number of benzene rings is 1. The van der Waals surface area contributed by atoms with Gasteiger partial charge >= 0.3 is 5.69 Å². The van der Waals surface area contributed by atoms with Gasteiger partial charge in [-0.25, -0.2) is 4.79 Å². The van der Waals surface area contributed by atoms with Gasteiger partial charge in [0, 0.05) is 25.3 Å². The van der Waals surface area contributed by atoms with Crippen molar-refractivity contribution in [2.24, 2.45) is 0 Å². The second-order valence-corrected chi connectivity index (χ2v) is 6.42. The summed E-state index contributed by atoms with van der Waals surface area (Å²) >= 11 is 0. The van der Waals surface area contributed by atoms with Gasteiger partial charge in [0.25, 0.3) is 5.56 Å². The molecular weight excluding hydrogens is 340 g/mol. The Morgan fingerprint density at radius 3 is 2.65 bits per heavy atom. The van der Waals surface area contributed by atoms with Crippen molar-refractivity contribution in [3.63, 3.8) is 0 Å². The van der Waals surface area contributed by atoms with Crippen LogP contribution in [-0.2, 0) is 15.2 Å². The molecule has 140 valence electrons. The molecule has 2 heterocycles. The fraction of sp³-hybridized carbons (Fsp3) is 0.444. The van der Waals surface area contributed by atoms with Crippen LogP contribution < -0.4 is 11.2 Å². The van der Waals surface area contributed by atoms with Crippen molar-refractivity contribution in [3.05, 3.63) is 68.5 Å². The van der Waals surface area contributed by atoms with Crippen molar-refractivity contribution in [3.8, 4) is 0 Å². The first-order chi connectivity index (χ1) is 12.4. The molecule has 1 saturated heterocycles. The average molecular weight is 362 g/mol. The molecule has 1 fully saturated rings. The van der Waals surface area contributed by atoms with Gasteiger partial charge in [0.1, 0.15) is 12.2 Å². The Bertz CT molecular complexity index is 877. The molecule has 1 aliphatic rings. The third-order valence-corrected chi connectivity index (χ3v) is 4.74. The van der Waals surface area contributed by atoms with Crippen LogP contribution in [0.2, 0.25) is 0 Å². The molecule has 1 aromatic heterocycles. The van der Waals surface area contributed by atoms with E-state index in [4.69, 9.17) is 9.47 Å². The van der Waals surface area contributed by atoms with Crippen LogP contribution in [0.3, 0.4) is 0 Å². The fourth-order valence-corrected chi connectivity index (χ4v) is 3.49. The summed E-state index contributed by atoms with van der Waals surface area (Å²) in [4.78, 5) is 26.6. The van der Waals surface area contributed by atoms with E-state index < -0.39 is 41.9 Å². The Morgan fingerprint density at radius 1 is 1.38 bits per heavy atom. The van der Waals surface area contributed by atoms with Crippen molar-refractivity contribution in [2.75, 3.05) is 13.7 Å². The molecule has 1 unspecified atom stereocenters. The lowest BCUT2D eigenvalue weighted by Gasteiger charge is -2.37. The maximum absolute atomic E-state index is 12.6. The van der Waals surface area contributed by atoms with E-state index in [1.165, 1.54) is 17.9 Å². The zero-order chi connectivity index (χ0) is 18.9. The standard InChI is InChI=1S/C18H22N2O6/c1-11-9-20(17(24)19-16(11)23)18(8-13(22)14(10-21)26-18)15(25-2)12-6-4-3-5-7-12/h3-7,9,13-15,21-22H,8,10H2,1-2H3,(H,19,23,24)/t13-,14+,15?,18-/m0/s1. The summed E-state index contributed by atoms with van der Waals surface area (Å²) in [6.45, 7) is 1.16. The number of nitrogens with one attached hydrogen (secondary N) is 1.